The molecular formula is C36H75NO2. The molecule has 0 aromatic rings. The SMILES string of the molecule is CCCCCCCCCCCCCCCCCCCCCCC(C)C(O)NC(CC)C(O)CCCCCCC. The second kappa shape index (κ2) is 30.8. The van der Waals surface area contributed by atoms with Crippen molar-refractivity contribution in [3.05, 3.63) is 0 Å². The number of unbranched alkanes of at least 4 members (excludes halogenated alkanes) is 23. The molecule has 0 aromatic carbocycles. The van der Waals surface area contributed by atoms with Crippen molar-refractivity contribution in [2.75, 3.05) is 0 Å². The van der Waals surface area contributed by atoms with Crippen LogP contribution in [-0.4, -0.2) is 28.6 Å². The molecule has 0 heterocycles. The zero-order chi connectivity index (χ0) is 28.8. The van der Waals surface area contributed by atoms with Gasteiger partial charge in [0.1, 0.15) is 6.23 Å². The Morgan fingerprint density at radius 1 is 0.436 bits per heavy atom. The van der Waals surface area contributed by atoms with Crippen LogP contribution in [0.5, 0.6) is 0 Å². The molecule has 39 heavy (non-hydrogen) atoms. The van der Waals surface area contributed by atoms with Gasteiger partial charge in [-0.1, -0.05) is 188 Å². The minimum absolute atomic E-state index is 0.00327. The first kappa shape index (κ1) is 38.9. The Morgan fingerprint density at radius 2 is 0.744 bits per heavy atom. The average molecular weight is 554 g/mol. The van der Waals surface area contributed by atoms with Crippen LogP contribution in [0.15, 0.2) is 0 Å². The number of hydrogen-bond acceptors (Lipinski definition) is 3. The third-order valence-corrected chi connectivity index (χ3v) is 8.94. The quantitative estimate of drug-likeness (QED) is 0.0573. The van der Waals surface area contributed by atoms with Crippen molar-refractivity contribution in [1.82, 2.24) is 5.32 Å². The molecule has 0 radical (unpaired) electrons. The van der Waals surface area contributed by atoms with Gasteiger partial charge in [0, 0.05) is 6.04 Å². The van der Waals surface area contributed by atoms with E-state index in [2.05, 4.69) is 33.0 Å². The molecule has 0 fully saturated rings. The Bertz CT molecular complexity index is 457. The van der Waals surface area contributed by atoms with Gasteiger partial charge < -0.3 is 10.2 Å². The summed E-state index contributed by atoms with van der Waals surface area (Å²) in [6.45, 7) is 8.78. The first-order chi connectivity index (χ1) is 19.1. The number of rotatable bonds is 32. The van der Waals surface area contributed by atoms with Crippen LogP contribution in [0.4, 0.5) is 0 Å². The predicted octanol–water partition coefficient (Wildman–Crippen LogP) is 11.2. The normalized spacial score (nSPS) is 14.9. The minimum atomic E-state index is -0.509. The molecule has 3 heteroatoms. The molecule has 0 aliphatic heterocycles. The van der Waals surface area contributed by atoms with Crippen molar-refractivity contribution >= 4 is 0 Å². The van der Waals surface area contributed by atoms with E-state index in [4.69, 9.17) is 0 Å². The largest absolute Gasteiger partial charge is 0.392 e. The van der Waals surface area contributed by atoms with Crippen LogP contribution in [-0.2, 0) is 0 Å². The van der Waals surface area contributed by atoms with Gasteiger partial charge in [0.05, 0.1) is 6.10 Å². The smallest absolute Gasteiger partial charge is 0.107 e. The van der Waals surface area contributed by atoms with Crippen LogP contribution < -0.4 is 5.32 Å². The van der Waals surface area contributed by atoms with Gasteiger partial charge in [0.2, 0.25) is 0 Å². The molecular weight excluding hydrogens is 478 g/mol. The van der Waals surface area contributed by atoms with Crippen LogP contribution in [0.3, 0.4) is 0 Å². The lowest BCUT2D eigenvalue weighted by Gasteiger charge is -2.29. The maximum atomic E-state index is 10.6. The summed E-state index contributed by atoms with van der Waals surface area (Å²) in [7, 11) is 0. The first-order valence-electron chi connectivity index (χ1n) is 18.2. The maximum absolute atomic E-state index is 10.6. The molecule has 0 amide bonds. The van der Waals surface area contributed by atoms with E-state index < -0.39 is 6.23 Å². The Kier molecular flexibility index (Phi) is 30.7. The highest BCUT2D eigenvalue weighted by atomic mass is 16.3. The monoisotopic (exact) mass is 554 g/mol. The molecule has 0 rings (SSSR count). The molecule has 3 nitrogen and oxygen atoms in total. The molecule has 0 aromatic heterocycles. The van der Waals surface area contributed by atoms with E-state index >= 15 is 0 Å². The van der Waals surface area contributed by atoms with E-state index in [1.807, 2.05) is 0 Å². The molecule has 236 valence electrons. The molecule has 4 atom stereocenters. The van der Waals surface area contributed by atoms with Gasteiger partial charge in [-0.05, 0) is 25.2 Å². The standard InChI is InChI=1S/C36H75NO2/c1-5-8-10-12-13-14-15-16-17-18-19-20-21-22-23-24-25-26-28-29-31-33(4)36(39)37-34(7-3)35(38)32-30-27-11-9-6-2/h33-39H,5-32H2,1-4H3. The summed E-state index contributed by atoms with van der Waals surface area (Å²) >= 11 is 0. The van der Waals surface area contributed by atoms with Gasteiger partial charge in [-0.25, -0.2) is 0 Å². The van der Waals surface area contributed by atoms with Crippen molar-refractivity contribution in [1.29, 1.82) is 0 Å². The molecule has 0 saturated heterocycles. The van der Waals surface area contributed by atoms with Gasteiger partial charge >= 0.3 is 0 Å². The maximum Gasteiger partial charge on any atom is 0.107 e. The summed E-state index contributed by atoms with van der Waals surface area (Å²) in [5.74, 6) is 0.242. The summed E-state index contributed by atoms with van der Waals surface area (Å²) in [5, 5.41) is 24.6. The van der Waals surface area contributed by atoms with Gasteiger partial charge in [-0.2, -0.15) is 0 Å². The van der Waals surface area contributed by atoms with Crippen molar-refractivity contribution in [3.63, 3.8) is 0 Å². The molecule has 4 unspecified atom stereocenters. The number of hydrogen-bond donors (Lipinski definition) is 3. The topological polar surface area (TPSA) is 52.5 Å². The van der Waals surface area contributed by atoms with Crippen LogP contribution in [0.25, 0.3) is 0 Å². The molecule has 0 aliphatic rings. The molecule has 0 spiro atoms. The van der Waals surface area contributed by atoms with Gasteiger partial charge in [-0.3, -0.25) is 5.32 Å². The van der Waals surface area contributed by atoms with Crippen molar-refractivity contribution in [3.8, 4) is 0 Å². The zero-order valence-electron chi connectivity index (χ0n) is 27.5. The summed E-state index contributed by atoms with van der Waals surface area (Å²) in [5.41, 5.74) is 0. The van der Waals surface area contributed by atoms with Crippen molar-refractivity contribution in [2.24, 2.45) is 5.92 Å². The molecule has 0 bridgehead atoms. The second-order valence-electron chi connectivity index (χ2n) is 12.9. The summed E-state index contributed by atoms with van der Waals surface area (Å²) < 4.78 is 0. The second-order valence-corrected chi connectivity index (χ2v) is 12.9. The van der Waals surface area contributed by atoms with Crippen LogP contribution >= 0.6 is 0 Å². The lowest BCUT2D eigenvalue weighted by Crippen LogP contribution is -2.47. The van der Waals surface area contributed by atoms with E-state index in [0.717, 1.165) is 25.7 Å². The van der Waals surface area contributed by atoms with Gasteiger partial charge in [-0.15, -0.1) is 0 Å². The van der Waals surface area contributed by atoms with Crippen LogP contribution in [0.2, 0.25) is 0 Å². The molecule has 0 aliphatic carbocycles. The Labute approximate surface area is 247 Å². The highest BCUT2D eigenvalue weighted by molar-refractivity contribution is 4.77. The lowest BCUT2D eigenvalue weighted by atomic mass is 9.97. The third kappa shape index (κ3) is 26.5. The summed E-state index contributed by atoms with van der Waals surface area (Å²) in [6.07, 6.45) is 36.2. The summed E-state index contributed by atoms with van der Waals surface area (Å²) in [6, 6.07) is 0.00327. The van der Waals surface area contributed by atoms with Crippen LogP contribution in [0.1, 0.15) is 207 Å². The van der Waals surface area contributed by atoms with E-state index in [9.17, 15) is 10.2 Å². The summed E-state index contributed by atoms with van der Waals surface area (Å²) in [4.78, 5) is 0. The van der Waals surface area contributed by atoms with Crippen molar-refractivity contribution < 1.29 is 10.2 Å². The fourth-order valence-corrected chi connectivity index (χ4v) is 5.92. The number of aliphatic hydroxyl groups excluding tert-OH is 2. The van der Waals surface area contributed by atoms with E-state index in [1.165, 1.54) is 154 Å². The molecule has 3 N–H and O–H groups in total. The van der Waals surface area contributed by atoms with Gasteiger partial charge in [0.25, 0.3) is 0 Å². The van der Waals surface area contributed by atoms with Crippen molar-refractivity contribution in [2.45, 2.75) is 226 Å². The average Bonchev–Trinajstić information content (AvgIpc) is 2.94. The third-order valence-electron chi connectivity index (χ3n) is 8.94. The fraction of sp³-hybridized carbons (Fsp3) is 1.00. The van der Waals surface area contributed by atoms with Crippen LogP contribution in [0, 0.1) is 5.92 Å². The van der Waals surface area contributed by atoms with Gasteiger partial charge in [0.15, 0.2) is 0 Å². The minimum Gasteiger partial charge on any atom is -0.392 e. The zero-order valence-corrected chi connectivity index (χ0v) is 27.5. The lowest BCUT2D eigenvalue weighted by molar-refractivity contribution is 0.0279. The Morgan fingerprint density at radius 3 is 1.08 bits per heavy atom. The van der Waals surface area contributed by atoms with E-state index in [0.29, 0.717) is 0 Å². The van der Waals surface area contributed by atoms with E-state index in [1.54, 1.807) is 0 Å². The highest BCUT2D eigenvalue weighted by Gasteiger charge is 2.22. The Balaban J connectivity index is 3.51. The van der Waals surface area contributed by atoms with E-state index in [-0.39, 0.29) is 18.1 Å². The highest BCUT2D eigenvalue weighted by Crippen LogP contribution is 2.18. The predicted molar refractivity (Wildman–Crippen MR) is 174 cm³/mol. The number of nitrogens with one attached hydrogen (secondary N) is 1. The number of aliphatic hydroxyl groups is 2. The first-order valence-corrected chi connectivity index (χ1v) is 18.2. The Hall–Kier alpha value is -0.120. The fourth-order valence-electron chi connectivity index (χ4n) is 5.92. The molecule has 0 saturated carbocycles.